The van der Waals surface area contributed by atoms with Crippen molar-refractivity contribution in [2.24, 2.45) is 0 Å². The van der Waals surface area contributed by atoms with Gasteiger partial charge in [0.05, 0.1) is 13.3 Å². The number of methoxy groups -OCH3 is 1. The van der Waals surface area contributed by atoms with Gasteiger partial charge in [0.2, 0.25) is 17.3 Å². The first kappa shape index (κ1) is 13.8. The molecule has 0 spiro atoms. The summed E-state index contributed by atoms with van der Waals surface area (Å²) in [5.41, 5.74) is 0.448. The Hall–Kier alpha value is -2.64. The van der Waals surface area contributed by atoms with E-state index >= 15 is 0 Å². The molecule has 20 heavy (non-hydrogen) atoms. The number of nitrogens with zero attached hydrogens (tertiary/aromatic N) is 3. The van der Waals surface area contributed by atoms with Gasteiger partial charge in [-0.15, -0.1) is 5.10 Å². The van der Waals surface area contributed by atoms with Crippen LogP contribution < -0.4 is 15.5 Å². The Morgan fingerprint density at radius 3 is 2.85 bits per heavy atom. The van der Waals surface area contributed by atoms with Crippen LogP contribution in [-0.4, -0.2) is 32.8 Å². The molecule has 2 aromatic rings. The van der Waals surface area contributed by atoms with E-state index in [0.29, 0.717) is 11.5 Å². The molecular formula is C12H15N5O3. The lowest BCUT2D eigenvalue weighted by atomic mass is 10.3. The van der Waals surface area contributed by atoms with Crippen molar-refractivity contribution in [2.45, 2.75) is 20.4 Å². The second kappa shape index (κ2) is 5.55. The second-order valence-electron chi connectivity index (χ2n) is 4.27. The summed E-state index contributed by atoms with van der Waals surface area (Å²) in [7, 11) is 1.41. The summed E-state index contributed by atoms with van der Waals surface area (Å²) in [5, 5.41) is 9.00. The molecule has 106 valence electrons. The fourth-order valence-corrected chi connectivity index (χ4v) is 1.69. The largest absolute Gasteiger partial charge is 0.491 e. The highest BCUT2D eigenvalue weighted by Gasteiger charge is 2.10. The lowest BCUT2D eigenvalue weighted by Gasteiger charge is -2.11. The van der Waals surface area contributed by atoms with E-state index in [1.165, 1.54) is 19.4 Å². The molecule has 0 bridgehead atoms. The first-order valence-electron chi connectivity index (χ1n) is 5.93. The minimum atomic E-state index is -0.294. The molecule has 0 aliphatic rings. The van der Waals surface area contributed by atoms with Crippen LogP contribution in [0.1, 0.15) is 11.5 Å². The summed E-state index contributed by atoms with van der Waals surface area (Å²) >= 11 is 0. The van der Waals surface area contributed by atoms with Crippen molar-refractivity contribution in [1.82, 2.24) is 19.7 Å². The third kappa shape index (κ3) is 3.02. The molecule has 2 aromatic heterocycles. The molecule has 8 heteroatoms. The molecule has 2 N–H and O–H groups in total. The molecule has 0 aliphatic heterocycles. The smallest absolute Gasteiger partial charge is 0.248 e. The van der Waals surface area contributed by atoms with Crippen LogP contribution in [0.2, 0.25) is 0 Å². The quantitative estimate of drug-likeness (QED) is 0.833. The summed E-state index contributed by atoms with van der Waals surface area (Å²) in [4.78, 5) is 27.4. The molecule has 0 aliphatic carbocycles. The first-order valence-corrected chi connectivity index (χ1v) is 5.93. The molecule has 0 saturated carbocycles. The fraction of sp³-hybridized carbons (Fsp3) is 0.333. The molecule has 2 rings (SSSR count). The van der Waals surface area contributed by atoms with Crippen LogP contribution in [0.3, 0.4) is 0 Å². The maximum Gasteiger partial charge on any atom is 0.248 e. The Labute approximate surface area is 114 Å². The zero-order valence-electron chi connectivity index (χ0n) is 11.4. The van der Waals surface area contributed by atoms with E-state index in [1.54, 1.807) is 18.4 Å². The standard InChI is InChI=1S/C12H15N5O3/c1-7-4-9(18)10(20-3)5-17(7)6-11(19)14-12-13-8(2)15-16-12/h4-5H,6H2,1-3H3,(H2,13,14,15,16,19). The highest BCUT2D eigenvalue weighted by molar-refractivity contribution is 5.88. The average molecular weight is 277 g/mol. The normalized spacial score (nSPS) is 10.3. The predicted octanol–water partition coefficient (Wildman–Crippen LogP) is 0.231. The van der Waals surface area contributed by atoms with Gasteiger partial charge in [0, 0.05) is 11.8 Å². The van der Waals surface area contributed by atoms with Gasteiger partial charge in [-0.3, -0.25) is 20.0 Å². The van der Waals surface area contributed by atoms with E-state index < -0.39 is 0 Å². The van der Waals surface area contributed by atoms with Crippen LogP contribution >= 0.6 is 0 Å². The van der Waals surface area contributed by atoms with E-state index in [9.17, 15) is 9.59 Å². The number of aromatic amines is 1. The van der Waals surface area contributed by atoms with Crippen molar-refractivity contribution in [3.63, 3.8) is 0 Å². The van der Waals surface area contributed by atoms with Crippen molar-refractivity contribution in [3.05, 3.63) is 34.0 Å². The number of carbonyl (C=O) groups excluding carboxylic acids is 1. The SMILES string of the molecule is COc1cn(CC(=O)Nc2n[nH]c(C)n2)c(C)cc1=O. The van der Waals surface area contributed by atoms with E-state index in [2.05, 4.69) is 20.5 Å². The number of amides is 1. The van der Waals surface area contributed by atoms with Crippen molar-refractivity contribution in [1.29, 1.82) is 0 Å². The first-order chi connectivity index (χ1) is 9.49. The molecule has 0 fully saturated rings. The topological polar surface area (TPSA) is 102 Å². The number of pyridine rings is 1. The summed E-state index contributed by atoms with van der Waals surface area (Å²) in [5.74, 6) is 0.731. The maximum absolute atomic E-state index is 11.9. The minimum Gasteiger partial charge on any atom is -0.491 e. The molecule has 8 nitrogen and oxygen atoms in total. The van der Waals surface area contributed by atoms with Crippen LogP contribution in [0.5, 0.6) is 5.75 Å². The number of nitrogens with one attached hydrogen (secondary N) is 2. The Morgan fingerprint density at radius 1 is 1.50 bits per heavy atom. The monoisotopic (exact) mass is 277 g/mol. The number of anilines is 1. The Bertz CT molecular complexity index is 689. The van der Waals surface area contributed by atoms with E-state index in [0.717, 1.165) is 0 Å². The van der Waals surface area contributed by atoms with E-state index in [-0.39, 0.29) is 29.6 Å². The van der Waals surface area contributed by atoms with Gasteiger partial charge in [-0.2, -0.15) is 4.98 Å². The third-order valence-corrected chi connectivity index (χ3v) is 2.69. The zero-order valence-corrected chi connectivity index (χ0v) is 11.4. The van der Waals surface area contributed by atoms with Crippen LogP contribution in [0, 0.1) is 13.8 Å². The molecule has 1 amide bonds. The summed E-state index contributed by atoms with van der Waals surface area (Å²) in [6, 6.07) is 1.42. The number of rotatable bonds is 4. The van der Waals surface area contributed by atoms with Crippen molar-refractivity contribution in [3.8, 4) is 5.75 Å². The number of hydrogen-bond donors (Lipinski definition) is 2. The van der Waals surface area contributed by atoms with Gasteiger partial charge in [-0.25, -0.2) is 0 Å². The van der Waals surface area contributed by atoms with Crippen LogP contribution in [0.25, 0.3) is 0 Å². The minimum absolute atomic E-state index is 0.0378. The fourth-order valence-electron chi connectivity index (χ4n) is 1.69. The predicted molar refractivity (Wildman–Crippen MR) is 71.7 cm³/mol. The molecule has 0 radical (unpaired) electrons. The van der Waals surface area contributed by atoms with E-state index in [1.807, 2.05) is 0 Å². The summed E-state index contributed by atoms with van der Waals surface area (Å²) in [6.07, 6.45) is 1.50. The number of carbonyl (C=O) groups is 1. The highest BCUT2D eigenvalue weighted by atomic mass is 16.5. The second-order valence-corrected chi connectivity index (χ2v) is 4.27. The van der Waals surface area contributed by atoms with Crippen molar-refractivity contribution in [2.75, 3.05) is 12.4 Å². The Morgan fingerprint density at radius 2 is 2.25 bits per heavy atom. The van der Waals surface area contributed by atoms with E-state index in [4.69, 9.17) is 4.74 Å². The number of aromatic nitrogens is 4. The Kier molecular flexibility index (Phi) is 3.83. The zero-order chi connectivity index (χ0) is 14.7. The van der Waals surface area contributed by atoms with Gasteiger partial charge in [-0.05, 0) is 13.8 Å². The number of H-pyrrole nitrogens is 1. The maximum atomic E-state index is 11.9. The van der Waals surface area contributed by atoms with Crippen LogP contribution in [0.15, 0.2) is 17.1 Å². The van der Waals surface area contributed by atoms with Gasteiger partial charge < -0.3 is 9.30 Å². The molecule has 0 aromatic carbocycles. The van der Waals surface area contributed by atoms with Gasteiger partial charge >= 0.3 is 0 Å². The molecular weight excluding hydrogens is 262 g/mol. The van der Waals surface area contributed by atoms with Crippen molar-refractivity contribution >= 4 is 11.9 Å². The van der Waals surface area contributed by atoms with Crippen molar-refractivity contribution < 1.29 is 9.53 Å². The summed E-state index contributed by atoms with van der Waals surface area (Å²) < 4.78 is 6.57. The number of hydrogen-bond acceptors (Lipinski definition) is 5. The highest BCUT2D eigenvalue weighted by Crippen LogP contribution is 2.06. The average Bonchev–Trinajstić information content (AvgIpc) is 2.78. The molecule has 0 atom stereocenters. The summed E-state index contributed by atoms with van der Waals surface area (Å²) in [6.45, 7) is 3.51. The van der Waals surface area contributed by atoms with Gasteiger partial charge in [-0.1, -0.05) is 0 Å². The number of ether oxygens (including phenoxy) is 1. The lowest BCUT2D eigenvalue weighted by molar-refractivity contribution is -0.116. The molecule has 0 saturated heterocycles. The Balaban J connectivity index is 2.13. The van der Waals surface area contributed by atoms with Gasteiger partial charge in [0.15, 0.2) is 5.75 Å². The third-order valence-electron chi connectivity index (χ3n) is 2.69. The van der Waals surface area contributed by atoms with Gasteiger partial charge in [0.25, 0.3) is 0 Å². The van der Waals surface area contributed by atoms with Crippen LogP contribution in [0.4, 0.5) is 5.95 Å². The molecule has 0 unspecified atom stereocenters. The number of aryl methyl sites for hydroxylation is 2. The lowest BCUT2D eigenvalue weighted by Crippen LogP contribution is -2.22. The van der Waals surface area contributed by atoms with Crippen LogP contribution in [-0.2, 0) is 11.3 Å². The van der Waals surface area contributed by atoms with Gasteiger partial charge in [0.1, 0.15) is 12.4 Å². The molecule has 2 heterocycles.